The van der Waals surface area contributed by atoms with Crippen LogP contribution in [0.5, 0.6) is 0 Å². The quantitative estimate of drug-likeness (QED) is 0.823. The standard InChI is InChI=1S/C12H17F2N3O2S2/c13-12(14)20-11-3-1-10(2-4-11)9-16-5-7-17(8-6-16)21(15,18)19/h1-4,12H,5-9H2,(H2,15,18,19). The van der Waals surface area contributed by atoms with Gasteiger partial charge in [-0.25, -0.2) is 5.14 Å². The summed E-state index contributed by atoms with van der Waals surface area (Å²) in [6, 6.07) is 6.98. The van der Waals surface area contributed by atoms with Crippen molar-refractivity contribution in [2.24, 2.45) is 5.14 Å². The van der Waals surface area contributed by atoms with Gasteiger partial charge in [-0.1, -0.05) is 23.9 Å². The third-order valence-electron chi connectivity index (χ3n) is 3.25. The Morgan fingerprint density at radius 3 is 2.19 bits per heavy atom. The van der Waals surface area contributed by atoms with Gasteiger partial charge in [0.15, 0.2) is 0 Å². The van der Waals surface area contributed by atoms with Gasteiger partial charge in [-0.15, -0.1) is 0 Å². The molecule has 0 atom stereocenters. The predicted molar refractivity (Wildman–Crippen MR) is 78.3 cm³/mol. The summed E-state index contributed by atoms with van der Waals surface area (Å²) in [5.74, 6) is -2.41. The van der Waals surface area contributed by atoms with Crippen molar-refractivity contribution in [2.75, 3.05) is 26.2 Å². The molecule has 0 bridgehead atoms. The molecule has 2 N–H and O–H groups in total. The van der Waals surface area contributed by atoms with Gasteiger partial charge in [0, 0.05) is 37.6 Å². The van der Waals surface area contributed by atoms with Crippen LogP contribution in [0.2, 0.25) is 0 Å². The second-order valence-electron chi connectivity index (χ2n) is 4.74. The predicted octanol–water partition coefficient (Wildman–Crippen LogP) is 1.32. The van der Waals surface area contributed by atoms with Crippen molar-refractivity contribution in [1.82, 2.24) is 9.21 Å². The lowest BCUT2D eigenvalue weighted by Gasteiger charge is -2.32. The van der Waals surface area contributed by atoms with E-state index in [1.54, 1.807) is 12.1 Å². The summed E-state index contributed by atoms with van der Waals surface area (Å²) in [4.78, 5) is 2.64. The second kappa shape index (κ2) is 7.01. The largest absolute Gasteiger partial charge is 0.296 e. The van der Waals surface area contributed by atoms with E-state index >= 15 is 0 Å². The summed E-state index contributed by atoms with van der Waals surface area (Å²) in [7, 11) is -3.61. The summed E-state index contributed by atoms with van der Waals surface area (Å²) in [6.07, 6.45) is 0. The van der Waals surface area contributed by atoms with Gasteiger partial charge in [-0.05, 0) is 17.7 Å². The lowest BCUT2D eigenvalue weighted by molar-refractivity contribution is 0.181. The van der Waals surface area contributed by atoms with Gasteiger partial charge < -0.3 is 0 Å². The lowest BCUT2D eigenvalue weighted by Crippen LogP contribution is -2.50. The van der Waals surface area contributed by atoms with Gasteiger partial charge in [0.1, 0.15) is 0 Å². The van der Waals surface area contributed by atoms with E-state index in [9.17, 15) is 17.2 Å². The minimum atomic E-state index is -3.61. The molecule has 1 heterocycles. The van der Waals surface area contributed by atoms with E-state index in [0.717, 1.165) is 5.56 Å². The first kappa shape index (κ1) is 16.6. The van der Waals surface area contributed by atoms with Gasteiger partial charge >= 0.3 is 0 Å². The molecule has 0 saturated carbocycles. The Morgan fingerprint density at radius 2 is 1.71 bits per heavy atom. The molecule has 1 aliphatic rings. The van der Waals surface area contributed by atoms with Crippen molar-refractivity contribution < 1.29 is 17.2 Å². The fourth-order valence-corrected chi connectivity index (χ4v) is 3.35. The summed E-state index contributed by atoms with van der Waals surface area (Å²) in [5, 5.41) is 5.08. The zero-order chi connectivity index (χ0) is 15.5. The van der Waals surface area contributed by atoms with Gasteiger partial charge in [-0.3, -0.25) is 4.90 Å². The average molecular weight is 337 g/mol. The molecule has 21 heavy (non-hydrogen) atoms. The SMILES string of the molecule is NS(=O)(=O)N1CCN(Cc2ccc(SC(F)F)cc2)CC1. The van der Waals surface area contributed by atoms with Crippen molar-refractivity contribution in [3.63, 3.8) is 0 Å². The molecular weight excluding hydrogens is 320 g/mol. The minimum Gasteiger partial charge on any atom is -0.296 e. The molecule has 118 valence electrons. The van der Waals surface area contributed by atoms with Crippen molar-refractivity contribution in [1.29, 1.82) is 0 Å². The third kappa shape index (κ3) is 5.19. The molecule has 5 nitrogen and oxygen atoms in total. The first-order valence-electron chi connectivity index (χ1n) is 6.38. The van der Waals surface area contributed by atoms with Gasteiger partial charge in [0.2, 0.25) is 0 Å². The number of alkyl halides is 2. The fraction of sp³-hybridized carbons (Fsp3) is 0.500. The Morgan fingerprint density at radius 1 is 1.14 bits per heavy atom. The number of rotatable bonds is 5. The van der Waals surface area contributed by atoms with E-state index in [4.69, 9.17) is 5.14 Å². The molecule has 1 fully saturated rings. The maximum atomic E-state index is 12.2. The smallest absolute Gasteiger partial charge is 0.288 e. The summed E-state index contributed by atoms with van der Waals surface area (Å²) in [5.41, 5.74) is 1.01. The first-order chi connectivity index (χ1) is 9.84. The Bertz CT molecular complexity index is 558. The normalized spacial score (nSPS) is 18.3. The van der Waals surface area contributed by atoms with Crippen LogP contribution in [0.1, 0.15) is 5.56 Å². The zero-order valence-corrected chi connectivity index (χ0v) is 12.9. The molecule has 0 aliphatic carbocycles. The van der Waals surface area contributed by atoms with E-state index in [1.165, 1.54) is 4.31 Å². The van der Waals surface area contributed by atoms with Crippen molar-refractivity contribution in [3.8, 4) is 0 Å². The number of nitrogens with two attached hydrogens (primary N) is 1. The molecule has 0 amide bonds. The summed E-state index contributed by atoms with van der Waals surface area (Å²) >= 11 is 0.522. The van der Waals surface area contributed by atoms with E-state index in [0.29, 0.717) is 49.4 Å². The van der Waals surface area contributed by atoms with Gasteiger partial charge in [0.05, 0.1) is 0 Å². The van der Waals surface area contributed by atoms with Crippen molar-refractivity contribution in [3.05, 3.63) is 29.8 Å². The van der Waals surface area contributed by atoms with Crippen LogP contribution >= 0.6 is 11.8 Å². The van der Waals surface area contributed by atoms with Gasteiger partial charge in [0.25, 0.3) is 16.0 Å². The molecule has 0 unspecified atom stereocenters. The van der Waals surface area contributed by atoms with Crippen LogP contribution in [-0.4, -0.2) is 49.6 Å². The van der Waals surface area contributed by atoms with Crippen LogP contribution in [0.3, 0.4) is 0 Å². The maximum absolute atomic E-state index is 12.2. The highest BCUT2D eigenvalue weighted by molar-refractivity contribution is 7.99. The van der Waals surface area contributed by atoms with Crippen LogP contribution in [0.4, 0.5) is 8.78 Å². The molecular formula is C12H17F2N3O2S2. The molecule has 2 rings (SSSR count). The highest BCUT2D eigenvalue weighted by atomic mass is 32.2. The number of piperazine rings is 1. The van der Waals surface area contributed by atoms with Crippen LogP contribution in [0.15, 0.2) is 29.2 Å². The molecule has 9 heteroatoms. The molecule has 0 radical (unpaired) electrons. The van der Waals surface area contributed by atoms with E-state index in [-0.39, 0.29) is 0 Å². The van der Waals surface area contributed by atoms with Crippen molar-refractivity contribution in [2.45, 2.75) is 17.2 Å². The van der Waals surface area contributed by atoms with E-state index in [2.05, 4.69) is 4.90 Å². The monoisotopic (exact) mass is 337 g/mol. The topological polar surface area (TPSA) is 66.6 Å². The first-order valence-corrected chi connectivity index (χ1v) is 8.77. The Labute approximate surface area is 127 Å². The highest BCUT2D eigenvalue weighted by Gasteiger charge is 2.23. The minimum absolute atomic E-state index is 0.373. The number of hydrogen-bond donors (Lipinski definition) is 1. The zero-order valence-electron chi connectivity index (χ0n) is 11.3. The molecule has 0 aromatic heterocycles. The molecule has 1 saturated heterocycles. The van der Waals surface area contributed by atoms with E-state index < -0.39 is 16.0 Å². The average Bonchev–Trinajstić information content (AvgIpc) is 2.40. The number of thioether (sulfide) groups is 1. The Balaban J connectivity index is 1.86. The molecule has 1 aromatic carbocycles. The Kier molecular flexibility index (Phi) is 5.55. The number of halogens is 2. The van der Waals surface area contributed by atoms with Crippen LogP contribution in [-0.2, 0) is 16.8 Å². The second-order valence-corrected chi connectivity index (χ2v) is 7.35. The molecule has 0 spiro atoms. The fourth-order valence-electron chi connectivity index (χ4n) is 2.18. The molecule has 1 aliphatic heterocycles. The lowest BCUT2D eigenvalue weighted by atomic mass is 10.2. The molecule has 1 aromatic rings. The maximum Gasteiger partial charge on any atom is 0.288 e. The Hall–Kier alpha value is -0.740. The third-order valence-corrected chi connectivity index (χ3v) is 5.05. The van der Waals surface area contributed by atoms with Crippen LogP contribution in [0.25, 0.3) is 0 Å². The van der Waals surface area contributed by atoms with Crippen LogP contribution in [0, 0.1) is 0 Å². The summed E-state index contributed by atoms with van der Waals surface area (Å²) < 4.78 is 48.1. The summed E-state index contributed by atoms with van der Waals surface area (Å²) in [6.45, 7) is 2.61. The van der Waals surface area contributed by atoms with Gasteiger partial charge in [-0.2, -0.15) is 21.5 Å². The number of hydrogen-bond acceptors (Lipinski definition) is 4. The number of benzene rings is 1. The highest BCUT2D eigenvalue weighted by Crippen LogP contribution is 2.25. The van der Waals surface area contributed by atoms with Crippen molar-refractivity contribution >= 4 is 22.0 Å². The number of nitrogens with zero attached hydrogens (tertiary/aromatic N) is 2. The van der Waals surface area contributed by atoms with E-state index in [1.807, 2.05) is 12.1 Å². The van der Waals surface area contributed by atoms with Crippen LogP contribution < -0.4 is 5.14 Å².